The maximum absolute atomic E-state index is 5.45. The fraction of sp³-hybridized carbons (Fsp3) is 0.692. The van der Waals surface area contributed by atoms with Crippen LogP contribution in [0.2, 0.25) is 0 Å². The van der Waals surface area contributed by atoms with Crippen molar-refractivity contribution in [3.05, 3.63) is 18.1 Å². The number of hydrogen-bond acceptors (Lipinski definition) is 5. The van der Waals surface area contributed by atoms with Crippen molar-refractivity contribution in [1.29, 1.82) is 0 Å². The van der Waals surface area contributed by atoms with E-state index in [0.717, 1.165) is 24.4 Å². The quantitative estimate of drug-likeness (QED) is 0.684. The Kier molecular flexibility index (Phi) is 7.29. The third-order valence-corrected chi connectivity index (χ3v) is 2.38. The zero-order valence-electron chi connectivity index (χ0n) is 11.5. The van der Waals surface area contributed by atoms with Crippen molar-refractivity contribution >= 4 is 5.82 Å². The van der Waals surface area contributed by atoms with Gasteiger partial charge in [-0.15, -0.1) is 0 Å². The van der Waals surface area contributed by atoms with Gasteiger partial charge in [0, 0.05) is 25.0 Å². The Labute approximate surface area is 109 Å². The summed E-state index contributed by atoms with van der Waals surface area (Å²) in [6, 6.07) is 1.97. The van der Waals surface area contributed by atoms with Crippen LogP contribution in [0.4, 0.5) is 5.82 Å². The maximum atomic E-state index is 5.45. The molecule has 18 heavy (non-hydrogen) atoms. The van der Waals surface area contributed by atoms with E-state index in [4.69, 9.17) is 9.47 Å². The van der Waals surface area contributed by atoms with Crippen LogP contribution in [0.15, 0.2) is 12.4 Å². The van der Waals surface area contributed by atoms with E-state index in [-0.39, 0.29) is 6.29 Å². The molecular formula is C13H23N3O2. The molecule has 0 bridgehead atoms. The highest BCUT2D eigenvalue weighted by Crippen LogP contribution is 2.07. The summed E-state index contributed by atoms with van der Waals surface area (Å²) in [6.45, 7) is 7.90. The summed E-state index contributed by atoms with van der Waals surface area (Å²) in [7, 11) is 0. The Morgan fingerprint density at radius 1 is 1.17 bits per heavy atom. The lowest BCUT2D eigenvalue weighted by molar-refractivity contribution is -0.126. The Balaban J connectivity index is 2.47. The van der Waals surface area contributed by atoms with Crippen molar-refractivity contribution in [3.63, 3.8) is 0 Å². The topological polar surface area (TPSA) is 56.3 Å². The summed E-state index contributed by atoms with van der Waals surface area (Å²) in [5.41, 5.74) is 1.05. The van der Waals surface area contributed by atoms with Gasteiger partial charge >= 0.3 is 0 Å². The molecule has 5 heteroatoms. The van der Waals surface area contributed by atoms with Gasteiger partial charge in [-0.1, -0.05) is 13.3 Å². The number of aryl methyl sites for hydroxylation is 1. The van der Waals surface area contributed by atoms with E-state index in [0.29, 0.717) is 19.8 Å². The molecule has 1 N–H and O–H groups in total. The molecule has 5 nitrogen and oxygen atoms in total. The third-order valence-electron chi connectivity index (χ3n) is 2.38. The Bertz CT molecular complexity index is 328. The van der Waals surface area contributed by atoms with Gasteiger partial charge in [-0.05, 0) is 20.3 Å². The van der Waals surface area contributed by atoms with Gasteiger partial charge in [0.1, 0.15) is 12.1 Å². The Morgan fingerprint density at radius 3 is 2.50 bits per heavy atom. The fourth-order valence-electron chi connectivity index (χ4n) is 1.61. The van der Waals surface area contributed by atoms with Crippen molar-refractivity contribution in [3.8, 4) is 0 Å². The van der Waals surface area contributed by atoms with Crippen molar-refractivity contribution < 1.29 is 9.47 Å². The molecule has 0 unspecified atom stereocenters. The predicted molar refractivity (Wildman–Crippen MR) is 71.6 cm³/mol. The van der Waals surface area contributed by atoms with Crippen LogP contribution in [0.25, 0.3) is 0 Å². The summed E-state index contributed by atoms with van der Waals surface area (Å²) in [5.74, 6) is 0.817. The first-order valence-electron chi connectivity index (χ1n) is 6.58. The predicted octanol–water partition coefficient (Wildman–Crippen LogP) is 2.24. The van der Waals surface area contributed by atoms with E-state index in [1.54, 1.807) is 6.33 Å². The number of aromatic nitrogens is 2. The lowest BCUT2D eigenvalue weighted by Crippen LogP contribution is -2.26. The minimum Gasteiger partial charge on any atom is -0.365 e. The van der Waals surface area contributed by atoms with Gasteiger partial charge in [-0.2, -0.15) is 0 Å². The zero-order valence-corrected chi connectivity index (χ0v) is 11.5. The summed E-state index contributed by atoms with van der Waals surface area (Å²) < 4.78 is 10.9. The Morgan fingerprint density at radius 2 is 1.89 bits per heavy atom. The monoisotopic (exact) mass is 253 g/mol. The van der Waals surface area contributed by atoms with Gasteiger partial charge in [-0.3, -0.25) is 0 Å². The molecule has 0 aliphatic rings. The number of nitrogens with zero attached hydrogens (tertiary/aromatic N) is 2. The molecule has 0 atom stereocenters. The Hall–Kier alpha value is -1.20. The van der Waals surface area contributed by atoms with Gasteiger partial charge in [0.25, 0.3) is 0 Å². The average molecular weight is 253 g/mol. The zero-order chi connectivity index (χ0) is 13.2. The van der Waals surface area contributed by atoms with Gasteiger partial charge in [0.2, 0.25) is 0 Å². The molecule has 0 aliphatic heterocycles. The maximum Gasteiger partial charge on any atom is 0.174 e. The highest BCUT2D eigenvalue weighted by Gasteiger charge is 2.07. The van der Waals surface area contributed by atoms with Crippen molar-refractivity contribution in [2.24, 2.45) is 0 Å². The highest BCUT2D eigenvalue weighted by atomic mass is 16.7. The van der Waals surface area contributed by atoms with E-state index in [1.165, 1.54) is 0 Å². The van der Waals surface area contributed by atoms with Gasteiger partial charge in [0.05, 0.1) is 6.54 Å². The first-order chi connectivity index (χ1) is 8.80. The van der Waals surface area contributed by atoms with Crippen LogP contribution in [0.3, 0.4) is 0 Å². The van der Waals surface area contributed by atoms with Crippen molar-refractivity contribution in [1.82, 2.24) is 9.97 Å². The second-order valence-electron chi connectivity index (χ2n) is 3.87. The molecule has 0 spiro atoms. The fourth-order valence-corrected chi connectivity index (χ4v) is 1.61. The second-order valence-corrected chi connectivity index (χ2v) is 3.87. The minimum absolute atomic E-state index is 0.232. The molecule has 0 radical (unpaired) electrons. The lowest BCUT2D eigenvalue weighted by atomic mass is 10.2. The average Bonchev–Trinajstić information content (AvgIpc) is 2.37. The van der Waals surface area contributed by atoms with E-state index in [2.05, 4.69) is 22.2 Å². The van der Waals surface area contributed by atoms with E-state index >= 15 is 0 Å². The van der Waals surface area contributed by atoms with E-state index in [9.17, 15) is 0 Å². The van der Waals surface area contributed by atoms with Crippen molar-refractivity contribution in [2.75, 3.05) is 25.1 Å². The molecule has 0 aromatic carbocycles. The normalized spacial score (nSPS) is 10.9. The highest BCUT2D eigenvalue weighted by molar-refractivity contribution is 5.34. The molecule has 102 valence electrons. The molecule has 0 aliphatic carbocycles. The van der Waals surface area contributed by atoms with Crippen LogP contribution in [-0.2, 0) is 15.9 Å². The first-order valence-corrected chi connectivity index (χ1v) is 6.58. The molecular weight excluding hydrogens is 230 g/mol. The number of rotatable bonds is 9. The van der Waals surface area contributed by atoms with Gasteiger partial charge in [0.15, 0.2) is 6.29 Å². The minimum atomic E-state index is -0.232. The summed E-state index contributed by atoms with van der Waals surface area (Å²) in [5, 5.41) is 3.21. The second kappa shape index (κ2) is 8.83. The van der Waals surface area contributed by atoms with Gasteiger partial charge < -0.3 is 14.8 Å². The number of hydrogen-bond donors (Lipinski definition) is 1. The third kappa shape index (κ3) is 5.42. The van der Waals surface area contributed by atoms with Crippen LogP contribution in [-0.4, -0.2) is 36.0 Å². The number of nitrogens with one attached hydrogen (secondary N) is 1. The van der Waals surface area contributed by atoms with Crippen molar-refractivity contribution in [2.45, 2.75) is 39.9 Å². The smallest absolute Gasteiger partial charge is 0.174 e. The standard InChI is InChI=1S/C13H23N3O2/c1-4-7-11-8-12(16-10-15-11)14-9-13(17-5-2)18-6-3/h8,10,13H,4-7,9H2,1-3H3,(H,14,15,16). The van der Waals surface area contributed by atoms with Crippen LogP contribution < -0.4 is 5.32 Å². The molecule has 0 amide bonds. The molecule has 0 saturated heterocycles. The summed E-state index contributed by atoms with van der Waals surface area (Å²) >= 11 is 0. The SMILES string of the molecule is CCCc1cc(NCC(OCC)OCC)ncn1. The first kappa shape index (κ1) is 14.9. The molecule has 0 saturated carbocycles. The van der Waals surface area contributed by atoms with Gasteiger partial charge in [-0.25, -0.2) is 9.97 Å². The van der Waals surface area contributed by atoms with E-state index < -0.39 is 0 Å². The molecule has 0 fully saturated rings. The van der Waals surface area contributed by atoms with E-state index in [1.807, 2.05) is 19.9 Å². The lowest BCUT2D eigenvalue weighted by Gasteiger charge is -2.17. The van der Waals surface area contributed by atoms with Crippen LogP contribution in [0.1, 0.15) is 32.9 Å². The number of anilines is 1. The summed E-state index contributed by atoms with van der Waals surface area (Å²) in [4.78, 5) is 8.40. The summed E-state index contributed by atoms with van der Waals surface area (Å²) in [6.07, 6.45) is 3.41. The van der Waals surface area contributed by atoms with Crippen LogP contribution in [0.5, 0.6) is 0 Å². The number of ether oxygens (including phenoxy) is 2. The molecule has 1 heterocycles. The van der Waals surface area contributed by atoms with Crippen LogP contribution >= 0.6 is 0 Å². The molecule has 1 rings (SSSR count). The molecule has 1 aromatic rings. The largest absolute Gasteiger partial charge is 0.365 e. The van der Waals surface area contributed by atoms with Crippen LogP contribution in [0, 0.1) is 0 Å². The molecule has 1 aromatic heterocycles.